The van der Waals surface area contributed by atoms with E-state index in [1.807, 2.05) is 42.3 Å². The Kier molecular flexibility index (Phi) is 5.54. The van der Waals surface area contributed by atoms with Crippen molar-refractivity contribution in [2.75, 3.05) is 20.1 Å². The minimum absolute atomic E-state index is 0.180. The monoisotopic (exact) mass is 328 g/mol. The van der Waals surface area contributed by atoms with Crippen LogP contribution in [0.3, 0.4) is 0 Å². The van der Waals surface area contributed by atoms with Gasteiger partial charge < -0.3 is 9.80 Å². The minimum atomic E-state index is 0.180. The average Bonchev–Trinajstić information content (AvgIpc) is 3.27. The summed E-state index contributed by atoms with van der Waals surface area (Å²) in [6, 6.07) is 10.1. The van der Waals surface area contributed by atoms with Gasteiger partial charge in [-0.1, -0.05) is 43.2 Å². The van der Waals surface area contributed by atoms with Crippen LogP contribution in [0.2, 0.25) is 0 Å². The Balaban J connectivity index is 1.46. The van der Waals surface area contributed by atoms with Crippen LogP contribution in [-0.4, -0.2) is 41.8 Å². The summed E-state index contributed by atoms with van der Waals surface area (Å²) in [5, 5.41) is 0. The quantitative estimate of drug-likeness (QED) is 0.833. The molecule has 1 aromatic rings. The van der Waals surface area contributed by atoms with Crippen LogP contribution in [-0.2, 0) is 16.1 Å². The SMILES string of the molecule is CN(Cc1ccccc1)C(=O)CC1CCN(C(=O)C2CCCC2)C1. The fourth-order valence-corrected chi connectivity index (χ4v) is 3.98. The predicted molar refractivity (Wildman–Crippen MR) is 94.2 cm³/mol. The predicted octanol–water partition coefficient (Wildman–Crippen LogP) is 3.07. The third kappa shape index (κ3) is 4.16. The Bertz CT molecular complexity index is 566. The van der Waals surface area contributed by atoms with Crippen LogP contribution in [0, 0.1) is 11.8 Å². The molecule has 3 rings (SSSR count). The standard InChI is InChI=1S/C20H28N2O2/c1-21(14-16-7-3-2-4-8-16)19(23)13-17-11-12-22(15-17)20(24)18-9-5-6-10-18/h2-4,7-8,17-18H,5-6,9-15H2,1H3. The van der Waals surface area contributed by atoms with Gasteiger partial charge in [0.2, 0.25) is 11.8 Å². The van der Waals surface area contributed by atoms with Gasteiger partial charge in [0.1, 0.15) is 0 Å². The first kappa shape index (κ1) is 17.0. The second-order valence-corrected chi connectivity index (χ2v) is 7.36. The number of rotatable bonds is 5. The molecule has 2 aliphatic rings. The molecule has 1 saturated carbocycles. The Morgan fingerprint density at radius 2 is 1.83 bits per heavy atom. The summed E-state index contributed by atoms with van der Waals surface area (Å²) in [5.41, 5.74) is 1.15. The van der Waals surface area contributed by atoms with Crippen molar-refractivity contribution in [3.63, 3.8) is 0 Å². The summed E-state index contributed by atoms with van der Waals surface area (Å²) < 4.78 is 0. The molecule has 2 amide bonds. The topological polar surface area (TPSA) is 40.6 Å². The molecule has 24 heavy (non-hydrogen) atoms. The number of carbonyl (C=O) groups is 2. The van der Waals surface area contributed by atoms with E-state index in [1.54, 1.807) is 4.90 Å². The summed E-state index contributed by atoms with van der Waals surface area (Å²) in [7, 11) is 1.87. The number of benzene rings is 1. The van der Waals surface area contributed by atoms with E-state index in [2.05, 4.69) is 0 Å². The molecule has 4 heteroatoms. The first-order valence-corrected chi connectivity index (χ1v) is 9.20. The molecule has 1 aliphatic carbocycles. The van der Waals surface area contributed by atoms with Crippen molar-refractivity contribution in [1.82, 2.24) is 9.80 Å². The van der Waals surface area contributed by atoms with Gasteiger partial charge in [-0.3, -0.25) is 9.59 Å². The molecule has 2 fully saturated rings. The normalized spacial score (nSPS) is 21.2. The second kappa shape index (κ2) is 7.82. The van der Waals surface area contributed by atoms with Gasteiger partial charge in [0.05, 0.1) is 0 Å². The van der Waals surface area contributed by atoms with E-state index in [1.165, 1.54) is 12.8 Å². The van der Waals surface area contributed by atoms with E-state index in [0.29, 0.717) is 24.8 Å². The molecule has 0 spiro atoms. The van der Waals surface area contributed by atoms with Crippen LogP contribution < -0.4 is 0 Å². The lowest BCUT2D eigenvalue weighted by molar-refractivity contribution is -0.135. The Morgan fingerprint density at radius 3 is 2.54 bits per heavy atom. The Morgan fingerprint density at radius 1 is 1.12 bits per heavy atom. The van der Waals surface area contributed by atoms with Crippen LogP contribution in [0.4, 0.5) is 0 Å². The summed E-state index contributed by atoms with van der Waals surface area (Å²) in [5.74, 6) is 1.08. The third-order valence-corrected chi connectivity index (χ3v) is 5.45. The van der Waals surface area contributed by atoms with Gasteiger partial charge in [-0.25, -0.2) is 0 Å². The molecule has 1 aliphatic heterocycles. The molecule has 4 nitrogen and oxygen atoms in total. The second-order valence-electron chi connectivity index (χ2n) is 7.36. The molecule has 0 radical (unpaired) electrons. The van der Waals surface area contributed by atoms with Gasteiger partial charge in [-0.15, -0.1) is 0 Å². The lowest BCUT2D eigenvalue weighted by atomic mass is 10.0. The van der Waals surface area contributed by atoms with E-state index in [-0.39, 0.29) is 11.8 Å². The summed E-state index contributed by atoms with van der Waals surface area (Å²) in [4.78, 5) is 28.8. The number of nitrogens with zero attached hydrogens (tertiary/aromatic N) is 2. The minimum Gasteiger partial charge on any atom is -0.342 e. The van der Waals surface area contributed by atoms with Crippen LogP contribution >= 0.6 is 0 Å². The number of carbonyl (C=O) groups excluding carboxylic acids is 2. The Hall–Kier alpha value is -1.84. The summed E-state index contributed by atoms with van der Waals surface area (Å²) >= 11 is 0. The van der Waals surface area contributed by atoms with E-state index in [0.717, 1.165) is 37.9 Å². The molecule has 1 atom stereocenters. The molecule has 1 unspecified atom stereocenters. The number of hydrogen-bond donors (Lipinski definition) is 0. The first-order valence-electron chi connectivity index (χ1n) is 9.20. The van der Waals surface area contributed by atoms with Crippen LogP contribution in [0.1, 0.15) is 44.1 Å². The lowest BCUT2D eigenvalue weighted by Gasteiger charge is -2.22. The average molecular weight is 328 g/mol. The molecule has 1 heterocycles. The highest BCUT2D eigenvalue weighted by Crippen LogP contribution is 2.29. The van der Waals surface area contributed by atoms with Crippen molar-refractivity contribution < 1.29 is 9.59 Å². The fourth-order valence-electron chi connectivity index (χ4n) is 3.98. The van der Waals surface area contributed by atoms with Gasteiger partial charge in [0, 0.05) is 39.0 Å². The van der Waals surface area contributed by atoms with Gasteiger partial charge in [-0.2, -0.15) is 0 Å². The molecule has 130 valence electrons. The van der Waals surface area contributed by atoms with Gasteiger partial charge in [-0.05, 0) is 30.7 Å². The van der Waals surface area contributed by atoms with Crippen molar-refractivity contribution in [3.8, 4) is 0 Å². The zero-order valence-electron chi connectivity index (χ0n) is 14.6. The maximum absolute atomic E-state index is 12.5. The maximum atomic E-state index is 12.5. The molecule has 0 N–H and O–H groups in total. The maximum Gasteiger partial charge on any atom is 0.225 e. The van der Waals surface area contributed by atoms with Crippen molar-refractivity contribution in [2.45, 2.75) is 45.1 Å². The van der Waals surface area contributed by atoms with Crippen LogP contribution in [0.15, 0.2) is 30.3 Å². The number of hydrogen-bond acceptors (Lipinski definition) is 2. The van der Waals surface area contributed by atoms with Crippen molar-refractivity contribution >= 4 is 11.8 Å². The van der Waals surface area contributed by atoms with Crippen molar-refractivity contribution in [2.24, 2.45) is 11.8 Å². The third-order valence-electron chi connectivity index (χ3n) is 5.45. The van der Waals surface area contributed by atoms with E-state index in [9.17, 15) is 9.59 Å². The lowest BCUT2D eigenvalue weighted by Crippen LogP contribution is -2.34. The van der Waals surface area contributed by atoms with E-state index < -0.39 is 0 Å². The fraction of sp³-hybridized carbons (Fsp3) is 0.600. The molecular weight excluding hydrogens is 300 g/mol. The smallest absolute Gasteiger partial charge is 0.225 e. The highest BCUT2D eigenvalue weighted by Gasteiger charge is 2.33. The van der Waals surface area contributed by atoms with Crippen molar-refractivity contribution in [1.29, 1.82) is 0 Å². The van der Waals surface area contributed by atoms with Gasteiger partial charge in [0.25, 0.3) is 0 Å². The number of likely N-dealkylation sites (tertiary alicyclic amines) is 1. The molecule has 0 aromatic heterocycles. The first-order chi connectivity index (χ1) is 11.6. The largest absolute Gasteiger partial charge is 0.342 e. The van der Waals surface area contributed by atoms with E-state index in [4.69, 9.17) is 0 Å². The molecule has 1 aromatic carbocycles. The van der Waals surface area contributed by atoms with E-state index >= 15 is 0 Å². The highest BCUT2D eigenvalue weighted by atomic mass is 16.2. The zero-order valence-corrected chi connectivity index (χ0v) is 14.6. The summed E-state index contributed by atoms with van der Waals surface area (Å²) in [6.45, 7) is 2.24. The van der Waals surface area contributed by atoms with Crippen molar-refractivity contribution in [3.05, 3.63) is 35.9 Å². The molecule has 0 bridgehead atoms. The number of amides is 2. The molecule has 1 saturated heterocycles. The van der Waals surface area contributed by atoms with Crippen LogP contribution in [0.25, 0.3) is 0 Å². The summed E-state index contributed by atoms with van der Waals surface area (Å²) in [6.07, 6.45) is 6.01. The Labute approximate surface area is 144 Å². The van der Waals surface area contributed by atoms with Crippen LogP contribution in [0.5, 0.6) is 0 Å². The van der Waals surface area contributed by atoms with Gasteiger partial charge >= 0.3 is 0 Å². The molecular formula is C20H28N2O2. The van der Waals surface area contributed by atoms with Gasteiger partial charge in [0.15, 0.2) is 0 Å². The highest BCUT2D eigenvalue weighted by molar-refractivity contribution is 5.80. The zero-order chi connectivity index (χ0) is 16.9.